The molecule has 16 heavy (non-hydrogen) atoms. The summed E-state index contributed by atoms with van der Waals surface area (Å²) in [6, 6.07) is 7.74. The lowest BCUT2D eigenvalue weighted by Gasteiger charge is -1.93. The molecule has 2 rings (SSSR count). The second-order valence-electron chi connectivity index (χ2n) is 3.22. The summed E-state index contributed by atoms with van der Waals surface area (Å²) in [6.45, 7) is 1.91. The fourth-order valence-corrected chi connectivity index (χ4v) is 1.99. The predicted octanol–water partition coefficient (Wildman–Crippen LogP) is 2.91. The predicted molar refractivity (Wildman–Crippen MR) is 64.6 cm³/mol. The molecule has 2 aromatic rings. The Bertz CT molecular complexity index is 549. The van der Waals surface area contributed by atoms with Crippen LogP contribution in [0.2, 0.25) is 0 Å². The van der Waals surface area contributed by atoms with Gasteiger partial charge in [0.2, 0.25) is 0 Å². The van der Waals surface area contributed by atoms with Gasteiger partial charge in [-0.3, -0.25) is 4.98 Å². The summed E-state index contributed by atoms with van der Waals surface area (Å²) in [6.07, 6.45) is 3.45. The van der Waals surface area contributed by atoms with Gasteiger partial charge in [0.05, 0.1) is 11.3 Å². The minimum absolute atomic E-state index is 0.553. The van der Waals surface area contributed by atoms with Crippen molar-refractivity contribution in [1.29, 1.82) is 5.26 Å². The first-order valence-electron chi connectivity index (χ1n) is 4.75. The van der Waals surface area contributed by atoms with E-state index in [1.807, 2.05) is 30.5 Å². The topological polar surface area (TPSA) is 49.6 Å². The van der Waals surface area contributed by atoms with Crippen molar-refractivity contribution in [3.8, 4) is 6.07 Å². The van der Waals surface area contributed by atoms with E-state index in [1.165, 1.54) is 11.3 Å². The van der Waals surface area contributed by atoms with Crippen molar-refractivity contribution in [2.24, 2.45) is 0 Å². The van der Waals surface area contributed by atoms with Gasteiger partial charge in [0.1, 0.15) is 11.1 Å². The zero-order valence-electron chi connectivity index (χ0n) is 8.71. The lowest BCUT2D eigenvalue weighted by atomic mass is 10.2. The maximum Gasteiger partial charge on any atom is 0.134 e. The Hall–Kier alpha value is -1.99. The molecule has 0 fully saturated rings. The molecule has 4 heteroatoms. The standard InChI is InChI=1S/C12H9N3S/c1-9-8-16-12(15-9)10(7-13)6-11-4-2-3-5-14-11/h2-6,8H,1H3/b10-6-. The SMILES string of the molecule is Cc1csc(/C(C#N)=C\c2ccccn2)n1. The number of pyridine rings is 1. The minimum atomic E-state index is 0.553. The molecule has 0 amide bonds. The summed E-state index contributed by atoms with van der Waals surface area (Å²) in [7, 11) is 0. The van der Waals surface area contributed by atoms with E-state index in [2.05, 4.69) is 16.0 Å². The van der Waals surface area contributed by atoms with Gasteiger partial charge in [0, 0.05) is 17.3 Å². The number of nitriles is 1. The maximum atomic E-state index is 9.07. The molecule has 0 aliphatic heterocycles. The second kappa shape index (κ2) is 4.69. The molecule has 0 atom stereocenters. The average molecular weight is 227 g/mol. The first kappa shape index (κ1) is 10.5. The Kier molecular flexibility index (Phi) is 3.08. The van der Waals surface area contributed by atoms with Crippen LogP contribution in [0, 0.1) is 18.3 Å². The Balaban J connectivity index is 2.38. The third kappa shape index (κ3) is 2.33. The van der Waals surface area contributed by atoms with Crippen LogP contribution in [0.4, 0.5) is 0 Å². The van der Waals surface area contributed by atoms with Crippen LogP contribution < -0.4 is 0 Å². The minimum Gasteiger partial charge on any atom is -0.257 e. The van der Waals surface area contributed by atoms with Crippen molar-refractivity contribution in [3.05, 3.63) is 46.2 Å². The first-order chi connectivity index (χ1) is 7.79. The third-order valence-electron chi connectivity index (χ3n) is 1.95. The number of aryl methyl sites for hydroxylation is 1. The number of rotatable bonds is 2. The van der Waals surface area contributed by atoms with E-state index in [9.17, 15) is 0 Å². The van der Waals surface area contributed by atoms with Crippen LogP contribution in [0.15, 0.2) is 29.8 Å². The molecule has 0 spiro atoms. The molecule has 0 aliphatic rings. The van der Waals surface area contributed by atoms with Crippen molar-refractivity contribution in [3.63, 3.8) is 0 Å². The van der Waals surface area contributed by atoms with Gasteiger partial charge in [-0.05, 0) is 25.1 Å². The smallest absolute Gasteiger partial charge is 0.134 e. The van der Waals surface area contributed by atoms with E-state index in [0.717, 1.165) is 16.4 Å². The Morgan fingerprint density at radius 3 is 2.94 bits per heavy atom. The Morgan fingerprint density at radius 1 is 1.50 bits per heavy atom. The molecular formula is C12H9N3S. The first-order valence-corrected chi connectivity index (χ1v) is 5.63. The molecule has 2 aromatic heterocycles. The molecule has 78 valence electrons. The molecule has 0 bridgehead atoms. The molecule has 0 unspecified atom stereocenters. The third-order valence-corrected chi connectivity index (χ3v) is 2.94. The fourth-order valence-electron chi connectivity index (χ4n) is 1.23. The van der Waals surface area contributed by atoms with Gasteiger partial charge < -0.3 is 0 Å². The molecule has 0 N–H and O–H groups in total. The molecule has 0 aliphatic carbocycles. The maximum absolute atomic E-state index is 9.07. The van der Waals surface area contributed by atoms with Crippen LogP contribution in [-0.4, -0.2) is 9.97 Å². The van der Waals surface area contributed by atoms with Gasteiger partial charge in [0.25, 0.3) is 0 Å². The fraction of sp³-hybridized carbons (Fsp3) is 0.0833. The van der Waals surface area contributed by atoms with Crippen LogP contribution in [0.3, 0.4) is 0 Å². The van der Waals surface area contributed by atoms with Crippen molar-refractivity contribution in [2.45, 2.75) is 6.92 Å². The second-order valence-corrected chi connectivity index (χ2v) is 4.08. The highest BCUT2D eigenvalue weighted by Gasteiger charge is 2.05. The summed E-state index contributed by atoms with van der Waals surface area (Å²) >= 11 is 1.47. The lowest BCUT2D eigenvalue weighted by Crippen LogP contribution is -1.83. The van der Waals surface area contributed by atoms with Gasteiger partial charge in [-0.1, -0.05) is 6.07 Å². The highest BCUT2D eigenvalue weighted by Crippen LogP contribution is 2.20. The zero-order valence-corrected chi connectivity index (χ0v) is 9.53. The number of hydrogen-bond donors (Lipinski definition) is 0. The van der Waals surface area contributed by atoms with Crippen LogP contribution in [0.1, 0.15) is 16.4 Å². The molecule has 0 radical (unpaired) electrons. The van der Waals surface area contributed by atoms with Crippen LogP contribution in [-0.2, 0) is 0 Å². The number of allylic oxidation sites excluding steroid dienone is 1. The van der Waals surface area contributed by atoms with Crippen LogP contribution >= 0.6 is 11.3 Å². The monoisotopic (exact) mass is 227 g/mol. The van der Waals surface area contributed by atoms with Crippen molar-refractivity contribution in [2.75, 3.05) is 0 Å². The van der Waals surface area contributed by atoms with Gasteiger partial charge in [-0.2, -0.15) is 5.26 Å². The largest absolute Gasteiger partial charge is 0.257 e. The van der Waals surface area contributed by atoms with E-state index in [4.69, 9.17) is 5.26 Å². The van der Waals surface area contributed by atoms with E-state index in [1.54, 1.807) is 12.3 Å². The molecule has 3 nitrogen and oxygen atoms in total. The molecule has 0 saturated heterocycles. The summed E-state index contributed by atoms with van der Waals surface area (Å²) < 4.78 is 0. The number of aromatic nitrogens is 2. The normalized spacial score (nSPS) is 11.1. The highest BCUT2D eigenvalue weighted by atomic mass is 32.1. The quantitative estimate of drug-likeness (QED) is 0.741. The zero-order chi connectivity index (χ0) is 11.4. The van der Waals surface area contributed by atoms with Crippen LogP contribution in [0.25, 0.3) is 11.6 Å². The van der Waals surface area contributed by atoms with Gasteiger partial charge >= 0.3 is 0 Å². The Labute approximate surface area is 97.7 Å². The van der Waals surface area contributed by atoms with Crippen LogP contribution in [0.5, 0.6) is 0 Å². The summed E-state index contributed by atoms with van der Waals surface area (Å²) in [4.78, 5) is 8.43. The van der Waals surface area contributed by atoms with E-state index in [0.29, 0.717) is 5.57 Å². The summed E-state index contributed by atoms with van der Waals surface area (Å²) in [5.41, 5.74) is 2.26. The van der Waals surface area contributed by atoms with Gasteiger partial charge in [-0.15, -0.1) is 11.3 Å². The molecule has 0 saturated carbocycles. The van der Waals surface area contributed by atoms with Crippen molar-refractivity contribution >= 4 is 23.0 Å². The number of nitrogens with zero attached hydrogens (tertiary/aromatic N) is 3. The molecule has 0 aromatic carbocycles. The van der Waals surface area contributed by atoms with E-state index >= 15 is 0 Å². The highest BCUT2D eigenvalue weighted by molar-refractivity contribution is 7.11. The van der Waals surface area contributed by atoms with Crippen molar-refractivity contribution < 1.29 is 0 Å². The van der Waals surface area contributed by atoms with Crippen molar-refractivity contribution in [1.82, 2.24) is 9.97 Å². The summed E-state index contributed by atoms with van der Waals surface area (Å²) in [5.74, 6) is 0. The average Bonchev–Trinajstić information content (AvgIpc) is 2.74. The number of hydrogen-bond acceptors (Lipinski definition) is 4. The Morgan fingerprint density at radius 2 is 2.38 bits per heavy atom. The molecular weight excluding hydrogens is 218 g/mol. The summed E-state index contributed by atoms with van der Waals surface area (Å²) in [5, 5.41) is 11.7. The van der Waals surface area contributed by atoms with E-state index in [-0.39, 0.29) is 0 Å². The number of thiazole rings is 1. The van der Waals surface area contributed by atoms with E-state index < -0.39 is 0 Å². The molecule has 2 heterocycles. The lowest BCUT2D eigenvalue weighted by molar-refractivity contribution is 1.24. The van der Waals surface area contributed by atoms with Gasteiger partial charge in [-0.25, -0.2) is 4.98 Å². The van der Waals surface area contributed by atoms with Gasteiger partial charge in [0.15, 0.2) is 0 Å².